The Bertz CT molecular complexity index is 570. The Morgan fingerprint density at radius 2 is 2.06 bits per heavy atom. The van der Waals surface area contributed by atoms with Crippen LogP contribution in [0.2, 0.25) is 0 Å². The average molecular weight is 221 g/mol. The molecule has 6 heteroatoms. The Balaban J connectivity index is 2.13. The second-order valence-electron chi connectivity index (χ2n) is 3.46. The maximum absolute atomic E-state index is 11.0. The molecule has 0 spiro atoms. The van der Waals surface area contributed by atoms with Crippen molar-refractivity contribution in [2.75, 3.05) is 6.54 Å². The van der Waals surface area contributed by atoms with Crippen LogP contribution in [0, 0.1) is 0 Å². The summed E-state index contributed by atoms with van der Waals surface area (Å²) in [6.07, 6.45) is 0. The van der Waals surface area contributed by atoms with E-state index < -0.39 is 5.97 Å². The Morgan fingerprint density at radius 3 is 2.81 bits per heavy atom. The smallest absolute Gasteiger partial charge is 0.323 e. The molecule has 1 aromatic carbocycles. The van der Waals surface area contributed by atoms with E-state index in [2.05, 4.69) is 15.3 Å². The minimum absolute atomic E-state index is 0.0817. The minimum Gasteiger partial charge on any atom is -0.480 e. The third-order valence-electron chi connectivity index (χ3n) is 2.19. The van der Waals surface area contributed by atoms with Crippen LogP contribution in [-0.2, 0) is 11.3 Å². The fourth-order valence-electron chi connectivity index (χ4n) is 1.50. The van der Waals surface area contributed by atoms with Crippen molar-refractivity contribution in [2.45, 2.75) is 6.54 Å². The lowest BCUT2D eigenvalue weighted by Crippen LogP contribution is -2.21. The van der Waals surface area contributed by atoms with Crippen molar-refractivity contribution in [3.63, 3.8) is 0 Å². The van der Waals surface area contributed by atoms with Crippen LogP contribution in [0.3, 0.4) is 0 Å². The number of carboxylic acids is 1. The van der Waals surface area contributed by atoms with E-state index >= 15 is 0 Å². The van der Waals surface area contributed by atoms with Crippen LogP contribution >= 0.6 is 0 Å². The van der Waals surface area contributed by atoms with Gasteiger partial charge < -0.3 is 20.4 Å². The van der Waals surface area contributed by atoms with Crippen LogP contribution < -0.4 is 11.0 Å². The number of aromatic nitrogens is 2. The van der Waals surface area contributed by atoms with Gasteiger partial charge in [0.1, 0.15) is 0 Å². The third-order valence-corrected chi connectivity index (χ3v) is 2.19. The summed E-state index contributed by atoms with van der Waals surface area (Å²) >= 11 is 0. The fourth-order valence-corrected chi connectivity index (χ4v) is 1.50. The highest BCUT2D eigenvalue weighted by Gasteiger charge is 2.00. The molecule has 0 unspecified atom stereocenters. The normalized spacial score (nSPS) is 10.8. The van der Waals surface area contributed by atoms with E-state index in [-0.39, 0.29) is 12.2 Å². The summed E-state index contributed by atoms with van der Waals surface area (Å²) < 4.78 is 0. The maximum Gasteiger partial charge on any atom is 0.323 e. The molecule has 0 aliphatic heterocycles. The van der Waals surface area contributed by atoms with Crippen LogP contribution in [0.15, 0.2) is 23.0 Å². The predicted octanol–water partition coefficient (Wildman–Crippen LogP) is 0.0304. The molecule has 0 fully saturated rings. The van der Waals surface area contributed by atoms with Gasteiger partial charge >= 0.3 is 11.7 Å². The molecule has 16 heavy (non-hydrogen) atoms. The van der Waals surface area contributed by atoms with E-state index in [0.717, 1.165) is 16.6 Å². The number of rotatable bonds is 4. The maximum atomic E-state index is 11.0. The quantitative estimate of drug-likeness (QED) is 0.585. The van der Waals surface area contributed by atoms with Crippen LogP contribution in [-0.4, -0.2) is 27.6 Å². The molecule has 0 aliphatic carbocycles. The van der Waals surface area contributed by atoms with Gasteiger partial charge in [-0.05, 0) is 17.7 Å². The van der Waals surface area contributed by atoms with Gasteiger partial charge in [-0.2, -0.15) is 0 Å². The standard InChI is InChI=1S/C10H11N3O3/c14-9(15)5-11-4-6-1-2-7-8(3-6)13-10(16)12-7/h1-3,11H,4-5H2,(H,14,15)(H2,12,13,16). The SMILES string of the molecule is O=C(O)CNCc1ccc2[nH]c(=O)[nH]c2c1. The molecule has 2 rings (SSSR count). The lowest BCUT2D eigenvalue weighted by molar-refractivity contribution is -0.135. The molecule has 0 bridgehead atoms. The van der Waals surface area contributed by atoms with Gasteiger partial charge in [-0.3, -0.25) is 4.79 Å². The Morgan fingerprint density at radius 1 is 1.31 bits per heavy atom. The van der Waals surface area contributed by atoms with Gasteiger partial charge in [-0.25, -0.2) is 4.79 Å². The molecule has 1 heterocycles. The lowest BCUT2D eigenvalue weighted by atomic mass is 10.2. The van der Waals surface area contributed by atoms with Gasteiger partial charge in [-0.15, -0.1) is 0 Å². The number of carboxylic acid groups (broad SMARTS) is 1. The van der Waals surface area contributed by atoms with Gasteiger partial charge in [0, 0.05) is 6.54 Å². The summed E-state index contributed by atoms with van der Waals surface area (Å²) in [7, 11) is 0. The summed E-state index contributed by atoms with van der Waals surface area (Å²) in [6.45, 7) is 0.372. The number of aliphatic carboxylic acids is 1. The van der Waals surface area contributed by atoms with Crippen molar-refractivity contribution >= 4 is 17.0 Å². The molecule has 0 saturated carbocycles. The summed E-state index contributed by atoms with van der Waals surface area (Å²) in [5, 5.41) is 11.2. The number of imidazole rings is 1. The number of fused-ring (bicyclic) bond motifs is 1. The van der Waals surface area contributed by atoms with Crippen molar-refractivity contribution in [1.29, 1.82) is 0 Å². The van der Waals surface area contributed by atoms with Crippen LogP contribution in [0.25, 0.3) is 11.0 Å². The Hall–Kier alpha value is -2.08. The average Bonchev–Trinajstić information content (AvgIpc) is 2.56. The molecule has 0 aliphatic rings. The summed E-state index contributed by atoms with van der Waals surface area (Å²) in [5.41, 5.74) is 2.14. The van der Waals surface area contributed by atoms with Crippen molar-refractivity contribution in [3.8, 4) is 0 Å². The van der Waals surface area contributed by atoms with Crippen molar-refractivity contribution in [1.82, 2.24) is 15.3 Å². The zero-order valence-electron chi connectivity index (χ0n) is 8.41. The topological polar surface area (TPSA) is 98.0 Å². The first kappa shape index (κ1) is 10.4. The third kappa shape index (κ3) is 2.29. The molecule has 2 aromatic rings. The van der Waals surface area contributed by atoms with E-state index in [1.165, 1.54) is 0 Å². The molecule has 4 N–H and O–H groups in total. The van der Waals surface area contributed by atoms with Gasteiger partial charge in [-0.1, -0.05) is 6.07 Å². The van der Waals surface area contributed by atoms with Crippen molar-refractivity contribution < 1.29 is 9.90 Å². The molecular formula is C10H11N3O3. The second kappa shape index (κ2) is 4.19. The molecule has 0 radical (unpaired) electrons. The monoisotopic (exact) mass is 221 g/mol. The highest BCUT2D eigenvalue weighted by atomic mass is 16.4. The Labute approximate surface area is 90.3 Å². The molecule has 84 valence electrons. The molecular weight excluding hydrogens is 210 g/mol. The highest BCUT2D eigenvalue weighted by Crippen LogP contribution is 2.09. The van der Waals surface area contributed by atoms with Gasteiger partial charge in [0.15, 0.2) is 0 Å². The first-order valence-electron chi connectivity index (χ1n) is 4.78. The van der Waals surface area contributed by atoms with Gasteiger partial charge in [0.05, 0.1) is 17.6 Å². The van der Waals surface area contributed by atoms with E-state index in [9.17, 15) is 9.59 Å². The van der Waals surface area contributed by atoms with E-state index in [1.807, 2.05) is 12.1 Å². The summed E-state index contributed by atoms with van der Waals surface area (Å²) in [5.74, 6) is -0.892. The fraction of sp³-hybridized carbons (Fsp3) is 0.200. The number of aromatic amines is 2. The number of H-pyrrole nitrogens is 2. The zero-order valence-corrected chi connectivity index (χ0v) is 8.41. The van der Waals surface area contributed by atoms with Crippen LogP contribution in [0.1, 0.15) is 5.56 Å². The number of carbonyl (C=O) groups is 1. The lowest BCUT2D eigenvalue weighted by Gasteiger charge is -2.01. The number of hydrogen-bond donors (Lipinski definition) is 4. The highest BCUT2D eigenvalue weighted by molar-refractivity contribution is 5.75. The minimum atomic E-state index is -0.892. The first-order chi connectivity index (χ1) is 7.65. The molecule has 0 saturated heterocycles. The molecule has 6 nitrogen and oxygen atoms in total. The second-order valence-corrected chi connectivity index (χ2v) is 3.46. The molecule has 0 atom stereocenters. The van der Waals surface area contributed by atoms with Crippen molar-refractivity contribution in [2.24, 2.45) is 0 Å². The zero-order chi connectivity index (χ0) is 11.5. The van der Waals surface area contributed by atoms with Crippen LogP contribution in [0.4, 0.5) is 0 Å². The van der Waals surface area contributed by atoms with Crippen molar-refractivity contribution in [3.05, 3.63) is 34.2 Å². The number of hydrogen-bond acceptors (Lipinski definition) is 3. The number of benzene rings is 1. The van der Waals surface area contributed by atoms with E-state index in [1.54, 1.807) is 6.07 Å². The summed E-state index contributed by atoms with van der Waals surface area (Å²) in [4.78, 5) is 26.6. The van der Waals surface area contributed by atoms with E-state index in [0.29, 0.717) is 6.54 Å². The van der Waals surface area contributed by atoms with Crippen LogP contribution in [0.5, 0.6) is 0 Å². The summed E-state index contributed by atoms with van der Waals surface area (Å²) in [6, 6.07) is 5.42. The first-order valence-corrected chi connectivity index (χ1v) is 4.78. The molecule has 1 aromatic heterocycles. The van der Waals surface area contributed by atoms with Gasteiger partial charge in [0.25, 0.3) is 0 Å². The van der Waals surface area contributed by atoms with E-state index in [4.69, 9.17) is 5.11 Å². The largest absolute Gasteiger partial charge is 0.480 e. The number of nitrogens with one attached hydrogen (secondary N) is 3. The Kier molecular flexibility index (Phi) is 2.74. The predicted molar refractivity (Wildman–Crippen MR) is 58.3 cm³/mol. The molecule has 0 amide bonds. The van der Waals surface area contributed by atoms with Gasteiger partial charge in [0.2, 0.25) is 0 Å².